The second-order valence-corrected chi connectivity index (χ2v) is 38.5. The molecule has 1 fully saturated rings. The highest BCUT2D eigenvalue weighted by Gasteiger charge is 2.27. The number of ether oxygens (including phenoxy) is 1. The Balaban J connectivity index is 0.000000124. The summed E-state index contributed by atoms with van der Waals surface area (Å²) in [7, 11) is 0. The van der Waals surface area contributed by atoms with Gasteiger partial charge in [-0.3, -0.25) is 52.0 Å². The summed E-state index contributed by atoms with van der Waals surface area (Å²) in [5.41, 5.74) is 24.4. The Bertz CT molecular complexity index is 7070. The third-order valence-electron chi connectivity index (χ3n) is 23.4. The van der Waals surface area contributed by atoms with Crippen molar-refractivity contribution >= 4 is 152 Å². The normalized spacial score (nSPS) is 12.4. The molecule has 0 atom stereocenters. The van der Waals surface area contributed by atoms with Crippen LogP contribution in [-0.4, -0.2) is 191 Å². The van der Waals surface area contributed by atoms with E-state index >= 15 is 0 Å². The van der Waals surface area contributed by atoms with Crippen LogP contribution in [0.25, 0.3) is 84.0 Å². The SMILES string of the molecule is C.CCN(Cc1cc(Nc2nc(C)cn3c(-c4cn[nH]c4)cnc23)sn1)C(C)(C)CC.CCOCCN(CC)Cc1cc(Nc2nc(C)cn3c(-c4cn[nH]c4)cnc23)sn1.CCc1cc(Nc2nc(C)cn3c(-c4ccsc4)cnc23)sn1.CCc1cc(Nc2nc(C)cn3c(-c4nccs4)cnc23)sn1.Cc1cn2c(-c3cn[nH]c3)cnc2c(Nc2ccc(CN3CCC(C)CC3)cc2)n1. The molecular weight excluding hydrogens is 1840 g/mol. The van der Waals surface area contributed by atoms with Gasteiger partial charge in [-0.15, -0.1) is 11.3 Å². The van der Waals surface area contributed by atoms with Gasteiger partial charge >= 0.3 is 0 Å². The highest BCUT2D eigenvalue weighted by atomic mass is 32.1. The van der Waals surface area contributed by atoms with Crippen LogP contribution in [0.15, 0.2) is 176 Å². The fourth-order valence-electron chi connectivity index (χ4n) is 15.7. The molecule has 0 amide bonds. The van der Waals surface area contributed by atoms with Crippen molar-refractivity contribution in [3.63, 3.8) is 0 Å². The number of thiophene rings is 1. The van der Waals surface area contributed by atoms with Crippen molar-refractivity contribution < 1.29 is 4.74 Å². The number of nitrogens with zero attached hydrogens (tertiary/aromatic N) is 26. The van der Waals surface area contributed by atoms with Crippen LogP contribution in [0.2, 0.25) is 0 Å². The number of H-pyrrole nitrogens is 3. The number of likely N-dealkylation sites (N-methyl/N-ethyl adjacent to an activating group) is 1. The predicted octanol–water partition coefficient (Wildman–Crippen LogP) is 21.6. The summed E-state index contributed by atoms with van der Waals surface area (Å²) < 4.78 is 33.8. The minimum Gasteiger partial charge on any atom is -0.380 e. The summed E-state index contributed by atoms with van der Waals surface area (Å²) in [5, 5.41) is 48.7. The van der Waals surface area contributed by atoms with Crippen LogP contribution in [0.4, 0.5) is 54.8 Å². The molecule has 19 aromatic heterocycles. The summed E-state index contributed by atoms with van der Waals surface area (Å²) in [6.45, 7) is 39.0. The Kier molecular flexibility index (Phi) is 31.5. The molecule has 0 bridgehead atoms. The number of thiazole rings is 1. The molecule has 8 N–H and O–H groups in total. The van der Waals surface area contributed by atoms with Gasteiger partial charge in [-0.05, 0) is 219 Å². The van der Waals surface area contributed by atoms with E-state index < -0.39 is 0 Å². The zero-order valence-corrected chi connectivity index (χ0v) is 83.3. The lowest BCUT2D eigenvalue weighted by Crippen LogP contribution is -2.42. The number of anilines is 10. The monoisotopic (exact) mass is 1950 g/mol. The Morgan fingerprint density at radius 3 is 1.23 bits per heavy atom. The van der Waals surface area contributed by atoms with Crippen LogP contribution in [-0.2, 0) is 37.2 Å². The maximum atomic E-state index is 5.47. The Labute approximate surface area is 819 Å². The number of fused-ring (bicyclic) bond motifs is 5. The number of hydrogen-bond acceptors (Lipinski definition) is 33. The molecule has 41 heteroatoms. The van der Waals surface area contributed by atoms with Crippen molar-refractivity contribution in [3.8, 4) is 55.7 Å². The first-order valence-electron chi connectivity index (χ1n) is 45.4. The van der Waals surface area contributed by atoms with E-state index in [1.807, 2.05) is 141 Å². The molecule has 137 heavy (non-hydrogen) atoms. The van der Waals surface area contributed by atoms with E-state index in [9.17, 15) is 0 Å². The second-order valence-electron chi connectivity index (χ2n) is 33.6. The minimum atomic E-state index is 0. The molecule has 0 aliphatic carbocycles. The van der Waals surface area contributed by atoms with Gasteiger partial charge in [0.05, 0.1) is 130 Å². The van der Waals surface area contributed by atoms with Gasteiger partial charge in [-0.2, -0.15) is 44.1 Å². The van der Waals surface area contributed by atoms with E-state index in [-0.39, 0.29) is 13.0 Å². The lowest BCUT2D eigenvalue weighted by molar-refractivity contribution is 0.112. The fourth-order valence-corrected chi connectivity index (χ4v) is 19.8. The van der Waals surface area contributed by atoms with Gasteiger partial charge in [-0.1, -0.05) is 61.1 Å². The molecule has 1 aliphatic rings. The number of aromatic amines is 3. The molecular formula is C96H114N34OS6. The van der Waals surface area contributed by atoms with Gasteiger partial charge in [0, 0.05) is 133 Å². The first kappa shape index (κ1) is 96.7. The largest absolute Gasteiger partial charge is 0.380 e. The van der Waals surface area contributed by atoms with E-state index in [4.69, 9.17) is 4.74 Å². The first-order chi connectivity index (χ1) is 66.2. The number of aryl methyl sites for hydroxylation is 7. The average Bonchev–Trinajstić information content (AvgIpc) is 1.66. The van der Waals surface area contributed by atoms with Gasteiger partial charge in [-0.25, -0.2) is 54.8 Å². The van der Waals surface area contributed by atoms with Crippen molar-refractivity contribution in [2.45, 2.75) is 162 Å². The number of imidazole rings is 5. The van der Waals surface area contributed by atoms with Crippen molar-refractivity contribution in [1.82, 2.24) is 140 Å². The van der Waals surface area contributed by atoms with E-state index in [1.165, 1.54) is 83.2 Å². The van der Waals surface area contributed by atoms with E-state index in [0.29, 0.717) is 5.82 Å². The molecule has 0 saturated carbocycles. The van der Waals surface area contributed by atoms with Crippen molar-refractivity contribution in [2.24, 2.45) is 5.92 Å². The minimum absolute atomic E-state index is 0. The summed E-state index contributed by atoms with van der Waals surface area (Å²) >= 11 is 9.06. The number of nitrogens with one attached hydrogen (secondary N) is 8. The lowest BCUT2D eigenvalue weighted by atomic mass is 9.99. The van der Waals surface area contributed by atoms with Gasteiger partial charge in [0.2, 0.25) is 0 Å². The smallest absolute Gasteiger partial charge is 0.181 e. The number of piperidine rings is 1. The Morgan fingerprint density at radius 2 is 0.861 bits per heavy atom. The van der Waals surface area contributed by atoms with E-state index in [0.717, 1.165) is 256 Å². The third kappa shape index (κ3) is 23.3. The number of likely N-dealkylation sites (tertiary alicyclic amines) is 1. The zero-order valence-electron chi connectivity index (χ0n) is 78.4. The second kappa shape index (κ2) is 44.6. The van der Waals surface area contributed by atoms with Crippen LogP contribution < -0.4 is 26.6 Å². The lowest BCUT2D eigenvalue weighted by Gasteiger charge is -2.36. The zero-order chi connectivity index (χ0) is 94.4. The maximum absolute atomic E-state index is 5.47. The van der Waals surface area contributed by atoms with Gasteiger partial charge in [0.15, 0.2) is 57.3 Å². The van der Waals surface area contributed by atoms with Crippen LogP contribution in [0.5, 0.6) is 0 Å². The standard InChI is InChI=1S/C23H27N7.C21H28N8S.C20H26N8OS.C16H15N5S2.C15H14N6S2.CH4/c1-16-7-9-29(10-8-16)15-18-3-5-20(6-4-18)28-22-23-24-13-21(19-11-25-26-12-19)30(23)14-17(2)27-22;1-6-21(4,5)28(7-2)13-16-8-18(30-27-16)26-19-20-22-11-17(15-9-23-24-10-15)29(20)12-14(3)25-19;1-4-27(6-7-29-5-2)13-16-8-18(30-26-16)25-19-20-21-11-17(15-9-22-23-10-15)28(20)12-14(3)24-19;1-3-12-6-14(23-20-12)19-15-16-17-7-13(11-4-5-22-9-11)21(16)8-10(2)18-15;1-3-10-6-12(23-20-10)19-13-14-17-7-11(15-16-4-5-22-15)21(14)8-9(2)18-13;/h3-6,11-14,16H,7-10,15H2,1-2H3,(H,25,26)(H,27,28);8-12H,6-7,13H2,1-5H3,(H,23,24)(H,25,26);8-12H,4-7,13H2,1-3H3,(H,22,23)(H,24,25);4-9H,3H2,1-2H3,(H,18,19);4-8H,3H2,1-2H3,(H,18,19);1H4. The molecule has 0 radical (unpaired) electrons. The number of benzene rings is 1. The summed E-state index contributed by atoms with van der Waals surface area (Å²) in [6.07, 6.45) is 37.6. The molecule has 20 aromatic rings. The molecule has 1 saturated heterocycles. The summed E-state index contributed by atoms with van der Waals surface area (Å²) in [6, 6.07) is 19.1. The van der Waals surface area contributed by atoms with Crippen LogP contribution >= 0.6 is 68.8 Å². The van der Waals surface area contributed by atoms with E-state index in [1.54, 1.807) is 47.5 Å². The fraction of sp³-hybridized carbons (Fsp3) is 0.333. The third-order valence-corrected chi connectivity index (χ3v) is 27.8. The highest BCUT2D eigenvalue weighted by Crippen LogP contribution is 2.36. The number of rotatable bonds is 31. The molecule has 21 rings (SSSR count). The molecule has 710 valence electrons. The van der Waals surface area contributed by atoms with Crippen molar-refractivity contribution in [3.05, 3.63) is 233 Å². The van der Waals surface area contributed by atoms with Gasteiger partial charge in [0.25, 0.3) is 0 Å². The summed E-state index contributed by atoms with van der Waals surface area (Å²) in [5.74, 6) is 4.55. The summed E-state index contributed by atoms with van der Waals surface area (Å²) in [4.78, 5) is 57.8. The molecule has 0 spiro atoms. The molecule has 35 nitrogen and oxygen atoms in total. The average molecular weight is 1950 g/mol. The number of hydrogen-bond donors (Lipinski definition) is 8. The van der Waals surface area contributed by atoms with Crippen LogP contribution in [0.3, 0.4) is 0 Å². The first-order valence-corrected chi connectivity index (χ1v) is 50.3. The van der Waals surface area contributed by atoms with Gasteiger partial charge in [0.1, 0.15) is 30.7 Å². The van der Waals surface area contributed by atoms with Crippen molar-refractivity contribution in [2.75, 3.05) is 72.5 Å². The van der Waals surface area contributed by atoms with Crippen molar-refractivity contribution in [1.29, 1.82) is 0 Å². The van der Waals surface area contributed by atoms with Gasteiger partial charge < -0.3 is 31.3 Å². The number of aromatic nitrogens is 26. The Hall–Kier alpha value is -13.4. The Morgan fingerprint density at radius 1 is 0.460 bits per heavy atom. The highest BCUT2D eigenvalue weighted by molar-refractivity contribution is 7.13. The predicted molar refractivity (Wildman–Crippen MR) is 554 cm³/mol. The van der Waals surface area contributed by atoms with E-state index in [2.05, 4.69) is 274 Å². The molecule has 0 unspecified atom stereocenters. The maximum Gasteiger partial charge on any atom is 0.181 e. The molecule has 1 aromatic carbocycles. The molecule has 20 heterocycles. The molecule has 1 aliphatic heterocycles. The quantitative estimate of drug-likeness (QED) is 0.0187. The van der Waals surface area contributed by atoms with Crippen LogP contribution in [0.1, 0.15) is 146 Å². The van der Waals surface area contributed by atoms with Crippen LogP contribution in [0, 0.1) is 40.5 Å². The topological polar surface area (TPSA) is 381 Å².